The van der Waals surface area contributed by atoms with Gasteiger partial charge in [-0.05, 0) is 35.7 Å². The first kappa shape index (κ1) is 19.8. The van der Waals surface area contributed by atoms with Crippen molar-refractivity contribution in [1.29, 1.82) is 0 Å². The molecule has 0 unspecified atom stereocenters. The third kappa shape index (κ3) is 3.74. The molecule has 1 aliphatic heterocycles. The standard InChI is InChI=1S/C23H31NO2Si/c1-22(2,3)27(4,5)26-23(18-12-8-6-9-13-18,19-14-10-7-11-15-19)20-16-17-21(25)24-20/h6-15,20H,16-17H2,1-5H3,(H,24,25)/t20-/m1/s1. The van der Waals surface area contributed by atoms with Crippen molar-refractivity contribution in [2.45, 2.75) is 63.4 Å². The van der Waals surface area contributed by atoms with Crippen LogP contribution in [0.5, 0.6) is 0 Å². The van der Waals surface area contributed by atoms with E-state index < -0.39 is 13.9 Å². The minimum Gasteiger partial charge on any atom is -0.401 e. The third-order valence-electron chi connectivity index (χ3n) is 6.11. The molecule has 0 aromatic heterocycles. The maximum Gasteiger partial charge on any atom is 0.220 e. The summed E-state index contributed by atoms with van der Waals surface area (Å²) in [5.74, 6) is 0.107. The Morgan fingerprint density at radius 1 is 0.926 bits per heavy atom. The SMILES string of the molecule is CC(C)(C)[Si](C)(C)OC(c1ccccc1)(c1ccccc1)[C@H]1CCC(=O)N1. The van der Waals surface area contributed by atoms with Gasteiger partial charge in [-0.2, -0.15) is 0 Å². The highest BCUT2D eigenvalue weighted by Crippen LogP contribution is 2.47. The molecule has 1 atom stereocenters. The molecule has 1 heterocycles. The minimum atomic E-state index is -2.15. The Labute approximate surface area is 164 Å². The van der Waals surface area contributed by atoms with Crippen molar-refractivity contribution in [1.82, 2.24) is 5.32 Å². The summed E-state index contributed by atoms with van der Waals surface area (Å²) in [5, 5.41) is 3.28. The smallest absolute Gasteiger partial charge is 0.220 e. The number of hydrogen-bond acceptors (Lipinski definition) is 2. The summed E-state index contributed by atoms with van der Waals surface area (Å²) < 4.78 is 7.22. The maximum atomic E-state index is 12.2. The fraction of sp³-hybridized carbons (Fsp3) is 0.435. The molecule has 27 heavy (non-hydrogen) atoms. The first-order valence-electron chi connectivity index (χ1n) is 9.77. The summed E-state index contributed by atoms with van der Waals surface area (Å²) in [7, 11) is -2.15. The van der Waals surface area contributed by atoms with E-state index in [1.165, 1.54) is 0 Å². The van der Waals surface area contributed by atoms with Gasteiger partial charge in [0.1, 0.15) is 5.60 Å². The summed E-state index contributed by atoms with van der Waals surface area (Å²) in [6.45, 7) is 11.3. The molecule has 1 fully saturated rings. The number of hydrogen-bond donors (Lipinski definition) is 1. The van der Waals surface area contributed by atoms with Gasteiger partial charge in [-0.15, -0.1) is 0 Å². The van der Waals surface area contributed by atoms with Crippen LogP contribution in [0.3, 0.4) is 0 Å². The Morgan fingerprint density at radius 3 is 1.78 bits per heavy atom. The highest BCUT2D eigenvalue weighted by atomic mass is 28.4. The molecule has 144 valence electrons. The summed E-state index contributed by atoms with van der Waals surface area (Å²) in [4.78, 5) is 12.2. The van der Waals surface area contributed by atoms with E-state index in [2.05, 4.69) is 87.7 Å². The first-order chi connectivity index (χ1) is 12.7. The largest absolute Gasteiger partial charge is 0.401 e. The Bertz CT molecular complexity index is 742. The van der Waals surface area contributed by atoms with E-state index in [1.807, 2.05) is 12.1 Å². The van der Waals surface area contributed by atoms with Crippen molar-refractivity contribution in [3.05, 3.63) is 71.8 Å². The average Bonchev–Trinajstić information content (AvgIpc) is 3.07. The summed E-state index contributed by atoms with van der Waals surface area (Å²) in [6, 6.07) is 20.7. The van der Waals surface area contributed by atoms with Crippen LogP contribution in [0.15, 0.2) is 60.7 Å². The van der Waals surface area contributed by atoms with E-state index in [9.17, 15) is 4.79 Å². The Balaban J connectivity index is 2.24. The number of benzene rings is 2. The van der Waals surface area contributed by atoms with Gasteiger partial charge in [0.05, 0.1) is 6.04 Å². The molecule has 0 saturated carbocycles. The predicted octanol–water partition coefficient (Wildman–Crippen LogP) is 5.23. The van der Waals surface area contributed by atoms with Gasteiger partial charge in [-0.1, -0.05) is 81.4 Å². The predicted molar refractivity (Wildman–Crippen MR) is 113 cm³/mol. The topological polar surface area (TPSA) is 38.3 Å². The molecule has 1 N–H and O–H groups in total. The lowest BCUT2D eigenvalue weighted by Crippen LogP contribution is -2.56. The van der Waals surface area contributed by atoms with E-state index >= 15 is 0 Å². The van der Waals surface area contributed by atoms with Gasteiger partial charge in [0.15, 0.2) is 8.32 Å². The summed E-state index contributed by atoms with van der Waals surface area (Å²) in [5.41, 5.74) is 1.53. The van der Waals surface area contributed by atoms with Crippen molar-refractivity contribution in [2.75, 3.05) is 0 Å². The van der Waals surface area contributed by atoms with Gasteiger partial charge in [0.2, 0.25) is 5.91 Å². The third-order valence-corrected chi connectivity index (χ3v) is 10.6. The number of carbonyl (C=O) groups is 1. The quantitative estimate of drug-likeness (QED) is 0.720. The number of rotatable bonds is 5. The van der Waals surface area contributed by atoms with Crippen LogP contribution in [-0.4, -0.2) is 20.3 Å². The van der Waals surface area contributed by atoms with Crippen molar-refractivity contribution in [2.24, 2.45) is 0 Å². The van der Waals surface area contributed by atoms with Crippen LogP contribution in [0, 0.1) is 0 Å². The van der Waals surface area contributed by atoms with E-state index in [-0.39, 0.29) is 17.0 Å². The fourth-order valence-electron chi connectivity index (χ4n) is 3.60. The molecule has 3 nitrogen and oxygen atoms in total. The van der Waals surface area contributed by atoms with Crippen molar-refractivity contribution < 1.29 is 9.22 Å². The summed E-state index contributed by atoms with van der Waals surface area (Å²) in [6.07, 6.45) is 1.32. The van der Waals surface area contributed by atoms with Gasteiger partial charge in [-0.3, -0.25) is 4.79 Å². The van der Waals surface area contributed by atoms with Crippen molar-refractivity contribution in [3.63, 3.8) is 0 Å². The van der Waals surface area contributed by atoms with E-state index in [0.29, 0.717) is 6.42 Å². The Hall–Kier alpha value is -1.91. The zero-order valence-corrected chi connectivity index (χ0v) is 18.1. The second-order valence-electron chi connectivity index (χ2n) is 8.99. The summed E-state index contributed by atoms with van der Waals surface area (Å²) >= 11 is 0. The number of amides is 1. The van der Waals surface area contributed by atoms with E-state index in [0.717, 1.165) is 17.5 Å². The second-order valence-corrected chi connectivity index (χ2v) is 13.7. The van der Waals surface area contributed by atoms with Crippen molar-refractivity contribution in [3.8, 4) is 0 Å². The highest BCUT2D eigenvalue weighted by Gasteiger charge is 2.52. The van der Waals surface area contributed by atoms with Crippen LogP contribution in [0.1, 0.15) is 44.7 Å². The molecular weight excluding hydrogens is 350 g/mol. The Morgan fingerprint density at radius 2 is 1.41 bits per heavy atom. The Kier molecular flexibility index (Phi) is 5.33. The minimum absolute atomic E-state index is 0.0599. The molecule has 4 heteroatoms. The van der Waals surface area contributed by atoms with Gasteiger partial charge < -0.3 is 9.74 Å². The fourth-order valence-corrected chi connectivity index (χ4v) is 5.09. The van der Waals surface area contributed by atoms with Gasteiger partial charge in [0, 0.05) is 6.42 Å². The molecule has 0 radical (unpaired) electrons. The molecule has 0 bridgehead atoms. The van der Waals surface area contributed by atoms with Gasteiger partial charge in [-0.25, -0.2) is 0 Å². The number of carbonyl (C=O) groups excluding carboxylic acids is 1. The van der Waals surface area contributed by atoms with Crippen LogP contribution in [0.25, 0.3) is 0 Å². The zero-order valence-electron chi connectivity index (χ0n) is 17.1. The van der Waals surface area contributed by atoms with Crippen LogP contribution in [0.4, 0.5) is 0 Å². The normalized spacial score (nSPS) is 18.4. The average molecular weight is 382 g/mol. The molecule has 0 aliphatic carbocycles. The van der Waals surface area contributed by atoms with Gasteiger partial charge >= 0.3 is 0 Å². The lowest BCUT2D eigenvalue weighted by molar-refractivity contribution is -0.120. The molecule has 2 aromatic carbocycles. The van der Waals surface area contributed by atoms with Crippen LogP contribution >= 0.6 is 0 Å². The van der Waals surface area contributed by atoms with Crippen molar-refractivity contribution >= 4 is 14.2 Å². The molecule has 0 spiro atoms. The zero-order chi connectivity index (χ0) is 19.7. The molecule has 1 amide bonds. The van der Waals surface area contributed by atoms with Gasteiger partial charge in [0.25, 0.3) is 0 Å². The lowest BCUT2D eigenvalue weighted by Gasteiger charge is -2.49. The number of nitrogens with one attached hydrogen (secondary N) is 1. The molecular formula is C23H31NO2Si. The van der Waals surface area contributed by atoms with Crippen LogP contribution in [-0.2, 0) is 14.8 Å². The highest BCUT2D eigenvalue weighted by molar-refractivity contribution is 6.74. The monoisotopic (exact) mass is 381 g/mol. The molecule has 1 aliphatic rings. The lowest BCUT2D eigenvalue weighted by atomic mass is 9.79. The first-order valence-corrected chi connectivity index (χ1v) is 12.7. The molecule has 3 rings (SSSR count). The molecule has 1 saturated heterocycles. The molecule has 2 aromatic rings. The van der Waals surface area contributed by atoms with E-state index in [1.54, 1.807) is 0 Å². The van der Waals surface area contributed by atoms with Crippen LogP contribution in [0.2, 0.25) is 18.1 Å². The maximum absolute atomic E-state index is 12.2. The van der Waals surface area contributed by atoms with E-state index in [4.69, 9.17) is 4.43 Å². The second kappa shape index (κ2) is 7.25. The van der Waals surface area contributed by atoms with Crippen LogP contribution < -0.4 is 5.32 Å².